The fourth-order valence-corrected chi connectivity index (χ4v) is 2.30. The van der Waals surface area contributed by atoms with Crippen molar-refractivity contribution in [2.75, 3.05) is 5.32 Å². The van der Waals surface area contributed by atoms with Gasteiger partial charge in [0.2, 0.25) is 0 Å². The molecule has 0 saturated carbocycles. The van der Waals surface area contributed by atoms with Crippen molar-refractivity contribution in [3.8, 4) is 5.75 Å². The lowest BCUT2D eigenvalue weighted by atomic mass is 10.0. The lowest BCUT2D eigenvalue weighted by Gasteiger charge is -2.17. The molecule has 0 bridgehead atoms. The van der Waals surface area contributed by atoms with E-state index < -0.39 is 6.10 Å². The molecule has 0 aliphatic rings. The number of carbonyl (C=O) groups is 1. The number of carbonyl (C=O) groups excluding carboxylic acids is 1. The molecule has 2 aromatic rings. The van der Waals surface area contributed by atoms with Crippen LogP contribution in [0.25, 0.3) is 0 Å². The molecule has 4 heteroatoms. The first kappa shape index (κ1) is 17.4. The average molecular weight is 332 g/mol. The molecule has 0 fully saturated rings. The summed E-state index contributed by atoms with van der Waals surface area (Å²) in [6.45, 7) is 6.20. The number of anilines is 1. The number of benzene rings is 2. The van der Waals surface area contributed by atoms with E-state index >= 15 is 0 Å². The van der Waals surface area contributed by atoms with Gasteiger partial charge >= 0.3 is 0 Å². The lowest BCUT2D eigenvalue weighted by Crippen LogP contribution is -2.32. The molecular weight excluding hydrogens is 310 g/mol. The van der Waals surface area contributed by atoms with Crippen molar-refractivity contribution in [3.63, 3.8) is 0 Å². The molecule has 0 heterocycles. The molecule has 1 unspecified atom stereocenters. The van der Waals surface area contributed by atoms with E-state index in [2.05, 4.69) is 19.2 Å². The van der Waals surface area contributed by atoms with Gasteiger partial charge in [-0.3, -0.25) is 4.79 Å². The monoisotopic (exact) mass is 331 g/mol. The molecule has 23 heavy (non-hydrogen) atoms. The largest absolute Gasteiger partial charge is 0.481 e. The van der Waals surface area contributed by atoms with E-state index in [0.29, 0.717) is 23.1 Å². The molecule has 0 aromatic heterocycles. The van der Waals surface area contributed by atoms with Crippen LogP contribution in [0.1, 0.15) is 38.7 Å². The van der Waals surface area contributed by atoms with Crippen LogP contribution in [0.5, 0.6) is 5.75 Å². The van der Waals surface area contributed by atoms with Gasteiger partial charge in [-0.25, -0.2) is 0 Å². The van der Waals surface area contributed by atoms with Crippen LogP contribution < -0.4 is 10.1 Å². The fraction of sp³-hybridized carbons (Fsp3) is 0.316. The van der Waals surface area contributed by atoms with Gasteiger partial charge in [-0.15, -0.1) is 0 Å². The normalized spacial score (nSPS) is 12.0. The smallest absolute Gasteiger partial charge is 0.265 e. The van der Waals surface area contributed by atoms with Gasteiger partial charge in [-0.05, 0) is 54.3 Å². The van der Waals surface area contributed by atoms with Crippen LogP contribution in [-0.4, -0.2) is 12.0 Å². The third kappa shape index (κ3) is 5.00. The van der Waals surface area contributed by atoms with Gasteiger partial charge in [0.15, 0.2) is 6.10 Å². The Bertz CT molecular complexity index is 635. The van der Waals surface area contributed by atoms with Crippen molar-refractivity contribution in [1.82, 2.24) is 0 Å². The summed E-state index contributed by atoms with van der Waals surface area (Å²) in [7, 11) is 0. The predicted molar refractivity (Wildman–Crippen MR) is 95.3 cm³/mol. The number of nitrogens with one attached hydrogen (secondary N) is 1. The van der Waals surface area contributed by atoms with Gasteiger partial charge in [0.1, 0.15) is 5.75 Å². The molecule has 3 nitrogen and oxygen atoms in total. The summed E-state index contributed by atoms with van der Waals surface area (Å²) in [5.74, 6) is 0.947. The molecule has 2 aromatic carbocycles. The zero-order chi connectivity index (χ0) is 16.8. The van der Waals surface area contributed by atoms with Crippen molar-refractivity contribution >= 4 is 23.2 Å². The van der Waals surface area contributed by atoms with Crippen LogP contribution in [0.4, 0.5) is 5.69 Å². The third-order valence-electron chi connectivity index (χ3n) is 3.60. The van der Waals surface area contributed by atoms with Crippen LogP contribution >= 0.6 is 11.6 Å². The van der Waals surface area contributed by atoms with Crippen molar-refractivity contribution in [2.24, 2.45) is 0 Å². The van der Waals surface area contributed by atoms with Gasteiger partial charge in [-0.2, -0.15) is 0 Å². The summed E-state index contributed by atoms with van der Waals surface area (Å²) in [6, 6.07) is 14.9. The summed E-state index contributed by atoms with van der Waals surface area (Å²) in [4.78, 5) is 12.4. The average Bonchev–Trinajstić information content (AvgIpc) is 2.54. The summed E-state index contributed by atoms with van der Waals surface area (Å²) >= 11 is 5.85. The number of hydrogen-bond acceptors (Lipinski definition) is 2. The van der Waals surface area contributed by atoms with E-state index in [0.717, 1.165) is 5.69 Å². The fourth-order valence-electron chi connectivity index (χ4n) is 2.17. The van der Waals surface area contributed by atoms with E-state index in [4.69, 9.17) is 16.3 Å². The van der Waals surface area contributed by atoms with Crippen LogP contribution in [0.3, 0.4) is 0 Å². The van der Waals surface area contributed by atoms with E-state index in [1.165, 1.54) is 5.56 Å². The number of halogens is 1. The number of ether oxygens (including phenoxy) is 1. The zero-order valence-electron chi connectivity index (χ0n) is 13.7. The van der Waals surface area contributed by atoms with Gasteiger partial charge in [0, 0.05) is 10.7 Å². The van der Waals surface area contributed by atoms with Crippen molar-refractivity contribution in [2.45, 2.75) is 39.2 Å². The Kier molecular flexibility index (Phi) is 6.05. The maximum Gasteiger partial charge on any atom is 0.265 e. The number of hydrogen-bond donors (Lipinski definition) is 1. The Morgan fingerprint density at radius 2 is 1.70 bits per heavy atom. The number of rotatable bonds is 6. The Morgan fingerprint density at radius 3 is 2.22 bits per heavy atom. The maximum atomic E-state index is 12.4. The minimum Gasteiger partial charge on any atom is -0.481 e. The summed E-state index contributed by atoms with van der Waals surface area (Å²) < 4.78 is 5.74. The minimum absolute atomic E-state index is 0.153. The topological polar surface area (TPSA) is 38.3 Å². The van der Waals surface area contributed by atoms with E-state index in [1.54, 1.807) is 24.3 Å². The second-order valence-corrected chi connectivity index (χ2v) is 6.17. The van der Waals surface area contributed by atoms with E-state index in [-0.39, 0.29) is 5.91 Å². The highest BCUT2D eigenvalue weighted by Crippen LogP contribution is 2.20. The highest BCUT2D eigenvalue weighted by Gasteiger charge is 2.18. The molecule has 0 aliphatic carbocycles. The highest BCUT2D eigenvalue weighted by molar-refractivity contribution is 6.30. The number of amides is 1. The maximum absolute atomic E-state index is 12.4. The molecule has 1 N–H and O–H groups in total. The lowest BCUT2D eigenvalue weighted by molar-refractivity contribution is -0.122. The first-order valence-corrected chi connectivity index (χ1v) is 8.20. The molecule has 0 saturated heterocycles. The van der Waals surface area contributed by atoms with Crippen LogP contribution in [0, 0.1) is 0 Å². The molecule has 1 atom stereocenters. The molecule has 0 spiro atoms. The first-order chi connectivity index (χ1) is 11.0. The first-order valence-electron chi connectivity index (χ1n) is 7.82. The highest BCUT2D eigenvalue weighted by atomic mass is 35.5. The van der Waals surface area contributed by atoms with Crippen molar-refractivity contribution in [3.05, 3.63) is 59.1 Å². The Balaban J connectivity index is 2.00. The summed E-state index contributed by atoms with van der Waals surface area (Å²) in [5, 5.41) is 3.54. The Hall–Kier alpha value is -2.00. The van der Waals surface area contributed by atoms with Gasteiger partial charge < -0.3 is 10.1 Å². The third-order valence-corrected chi connectivity index (χ3v) is 3.85. The van der Waals surface area contributed by atoms with Gasteiger partial charge in [0.05, 0.1) is 0 Å². The minimum atomic E-state index is -0.541. The summed E-state index contributed by atoms with van der Waals surface area (Å²) in [5.41, 5.74) is 2.02. The Morgan fingerprint density at radius 1 is 1.09 bits per heavy atom. The quantitative estimate of drug-likeness (QED) is 0.784. The van der Waals surface area contributed by atoms with E-state index in [1.807, 2.05) is 31.2 Å². The van der Waals surface area contributed by atoms with Crippen LogP contribution in [-0.2, 0) is 4.79 Å². The predicted octanol–water partition coefficient (Wildman–Crippen LogP) is 5.26. The van der Waals surface area contributed by atoms with E-state index in [9.17, 15) is 4.79 Å². The molecule has 122 valence electrons. The second kappa shape index (κ2) is 8.02. The van der Waals surface area contributed by atoms with Crippen LogP contribution in [0.2, 0.25) is 5.02 Å². The molecule has 0 radical (unpaired) electrons. The zero-order valence-corrected chi connectivity index (χ0v) is 14.4. The van der Waals surface area contributed by atoms with Gasteiger partial charge in [-0.1, -0.05) is 44.5 Å². The second-order valence-electron chi connectivity index (χ2n) is 5.73. The molecular formula is C19H22ClNO2. The Labute approximate surface area is 142 Å². The van der Waals surface area contributed by atoms with Crippen molar-refractivity contribution in [1.29, 1.82) is 0 Å². The SMILES string of the molecule is CCC(Oc1ccc(Cl)cc1)C(=O)Nc1ccc(C(C)C)cc1. The van der Waals surface area contributed by atoms with Crippen molar-refractivity contribution < 1.29 is 9.53 Å². The molecule has 1 amide bonds. The molecule has 2 rings (SSSR count). The molecule has 0 aliphatic heterocycles. The summed E-state index contributed by atoms with van der Waals surface area (Å²) in [6.07, 6.45) is 0.0411. The van der Waals surface area contributed by atoms with Crippen LogP contribution in [0.15, 0.2) is 48.5 Å². The van der Waals surface area contributed by atoms with Gasteiger partial charge in [0.25, 0.3) is 5.91 Å². The standard InChI is InChI=1S/C19H22ClNO2/c1-4-18(23-17-11-7-15(20)8-12-17)19(22)21-16-9-5-14(6-10-16)13(2)3/h5-13,18H,4H2,1-3H3,(H,21,22).